The van der Waals surface area contributed by atoms with Crippen LogP contribution in [0.1, 0.15) is 69.9 Å². The van der Waals surface area contributed by atoms with Gasteiger partial charge < -0.3 is 21.1 Å². The van der Waals surface area contributed by atoms with E-state index in [9.17, 15) is 19.1 Å². The van der Waals surface area contributed by atoms with Gasteiger partial charge in [0, 0.05) is 28.7 Å². The highest BCUT2D eigenvalue weighted by atomic mass is 35.5. The summed E-state index contributed by atoms with van der Waals surface area (Å²) in [5.74, 6) is -1.79. The minimum Gasteiger partial charge on any atom is -0.393 e. The molecule has 6 nitrogen and oxygen atoms in total. The molecule has 9 heteroatoms. The average molecular weight is 563 g/mol. The van der Waals surface area contributed by atoms with Gasteiger partial charge in [0.15, 0.2) is 0 Å². The van der Waals surface area contributed by atoms with Gasteiger partial charge in [0.05, 0.1) is 17.2 Å². The predicted octanol–water partition coefficient (Wildman–Crippen LogP) is 5.30. The summed E-state index contributed by atoms with van der Waals surface area (Å²) in [5.41, 5.74) is 0.189. The van der Waals surface area contributed by atoms with E-state index >= 15 is 0 Å². The highest BCUT2D eigenvalue weighted by Crippen LogP contribution is 2.57. The fraction of sp³-hybridized carbons (Fsp3) is 0.517. The second-order valence-corrected chi connectivity index (χ2v) is 13.0. The Morgan fingerprint density at radius 3 is 2.53 bits per heavy atom. The molecule has 0 unspecified atom stereocenters. The first-order valence-electron chi connectivity index (χ1n) is 13.2. The molecule has 204 valence electrons. The average Bonchev–Trinajstić information content (AvgIpc) is 3.30. The van der Waals surface area contributed by atoms with Crippen LogP contribution in [0.25, 0.3) is 0 Å². The molecule has 2 fully saturated rings. The number of amides is 2. The third-order valence-corrected chi connectivity index (χ3v) is 8.76. The zero-order valence-corrected chi connectivity index (χ0v) is 23.3. The molecule has 38 heavy (non-hydrogen) atoms. The van der Waals surface area contributed by atoms with E-state index < -0.39 is 29.2 Å². The van der Waals surface area contributed by atoms with E-state index in [0.717, 1.165) is 5.56 Å². The van der Waals surface area contributed by atoms with Gasteiger partial charge in [0.1, 0.15) is 11.2 Å². The maximum atomic E-state index is 15.0. The van der Waals surface area contributed by atoms with Crippen molar-refractivity contribution in [2.75, 3.05) is 5.32 Å². The van der Waals surface area contributed by atoms with Gasteiger partial charge in [-0.15, -0.1) is 0 Å². The number of aliphatic hydroxyl groups is 1. The van der Waals surface area contributed by atoms with E-state index in [1.54, 1.807) is 18.2 Å². The lowest BCUT2D eigenvalue weighted by Gasteiger charge is -2.37. The molecule has 2 aromatic rings. The summed E-state index contributed by atoms with van der Waals surface area (Å²) in [5, 5.41) is 20.0. The Bertz CT molecular complexity index is 1260. The monoisotopic (exact) mass is 561 g/mol. The van der Waals surface area contributed by atoms with Crippen LogP contribution in [-0.2, 0) is 15.0 Å². The second kappa shape index (κ2) is 10.1. The number of carbonyl (C=O) groups excluding carboxylic acids is 2. The molecule has 0 radical (unpaired) electrons. The number of aliphatic hydroxyl groups excluding tert-OH is 1. The van der Waals surface area contributed by atoms with Gasteiger partial charge in [-0.1, -0.05) is 56.1 Å². The van der Waals surface area contributed by atoms with Crippen LogP contribution in [0.4, 0.5) is 10.1 Å². The van der Waals surface area contributed by atoms with Gasteiger partial charge in [-0.05, 0) is 72.9 Å². The molecule has 2 aromatic carbocycles. The summed E-state index contributed by atoms with van der Waals surface area (Å²) >= 11 is 12.5. The Morgan fingerprint density at radius 2 is 1.87 bits per heavy atom. The zero-order valence-electron chi connectivity index (χ0n) is 21.8. The lowest BCUT2D eigenvalue weighted by molar-refractivity contribution is -0.124. The number of carbonyl (C=O) groups is 2. The van der Waals surface area contributed by atoms with Crippen molar-refractivity contribution in [3.05, 3.63) is 63.4 Å². The molecule has 2 heterocycles. The Hall–Kier alpha value is -2.19. The van der Waals surface area contributed by atoms with Gasteiger partial charge in [-0.25, -0.2) is 4.39 Å². The van der Waals surface area contributed by atoms with Gasteiger partial charge >= 0.3 is 0 Å². The fourth-order valence-electron chi connectivity index (χ4n) is 6.65. The summed E-state index contributed by atoms with van der Waals surface area (Å²) in [7, 11) is 0. The molecule has 3 aliphatic rings. The Labute approximate surface area is 232 Å². The second-order valence-electron chi connectivity index (χ2n) is 12.1. The normalized spacial score (nSPS) is 30.8. The van der Waals surface area contributed by atoms with Crippen molar-refractivity contribution in [1.82, 2.24) is 10.6 Å². The number of anilines is 1. The lowest BCUT2D eigenvalue weighted by Crippen LogP contribution is -2.49. The van der Waals surface area contributed by atoms with Crippen LogP contribution in [0.15, 0.2) is 36.4 Å². The summed E-state index contributed by atoms with van der Waals surface area (Å²) in [6.45, 7) is 6.23. The van der Waals surface area contributed by atoms with Crippen LogP contribution in [0, 0.1) is 11.2 Å². The smallest absolute Gasteiger partial charge is 0.238 e. The summed E-state index contributed by atoms with van der Waals surface area (Å²) in [4.78, 5) is 28.1. The van der Waals surface area contributed by atoms with E-state index in [0.29, 0.717) is 48.4 Å². The molecular weight excluding hydrogens is 528 g/mol. The molecule has 2 aliphatic heterocycles. The van der Waals surface area contributed by atoms with Crippen molar-refractivity contribution >= 4 is 40.7 Å². The Kier molecular flexibility index (Phi) is 7.27. The van der Waals surface area contributed by atoms with Crippen LogP contribution in [0.5, 0.6) is 0 Å². The molecule has 0 aromatic heterocycles. The molecule has 1 aliphatic carbocycles. The van der Waals surface area contributed by atoms with Crippen LogP contribution in [-0.4, -0.2) is 41.2 Å². The van der Waals surface area contributed by atoms with Gasteiger partial charge in [0.2, 0.25) is 11.8 Å². The molecule has 1 spiro atoms. The number of halogens is 3. The fourth-order valence-corrected chi connectivity index (χ4v) is 7.01. The number of hydrogen-bond acceptors (Lipinski definition) is 4. The van der Waals surface area contributed by atoms with Crippen molar-refractivity contribution in [2.45, 2.75) is 88.4 Å². The lowest BCUT2D eigenvalue weighted by atomic mass is 9.62. The van der Waals surface area contributed by atoms with Crippen molar-refractivity contribution in [3.63, 3.8) is 0 Å². The predicted molar refractivity (Wildman–Crippen MR) is 147 cm³/mol. The first-order valence-corrected chi connectivity index (χ1v) is 14.0. The van der Waals surface area contributed by atoms with Crippen molar-refractivity contribution in [1.29, 1.82) is 0 Å². The van der Waals surface area contributed by atoms with Gasteiger partial charge in [-0.2, -0.15) is 0 Å². The largest absolute Gasteiger partial charge is 0.393 e. The van der Waals surface area contributed by atoms with E-state index in [2.05, 4.69) is 36.7 Å². The summed E-state index contributed by atoms with van der Waals surface area (Å²) < 4.78 is 15.0. The van der Waals surface area contributed by atoms with Crippen molar-refractivity contribution in [2.24, 2.45) is 5.41 Å². The maximum Gasteiger partial charge on any atom is 0.238 e. The standard InChI is InChI=1S/C29H34Cl2FN3O3/c1-28(2,3)14-23-29(19-12-21(32)20(31)13-22(19)34-27(29)38)24(15-5-4-6-16(30)11-15)25(35-23)26(37)33-17-7-9-18(36)10-8-17/h4-6,11-13,17-18,23-25,35-36H,7-10,14H2,1-3H3,(H,33,37)(H,34,38)/t17-,18-,23-,24-,25+,29+/m0/s1. The third kappa shape index (κ3) is 4.83. The first-order chi connectivity index (χ1) is 17.9. The molecule has 5 rings (SSSR count). The summed E-state index contributed by atoms with van der Waals surface area (Å²) in [6, 6.07) is 8.67. The molecule has 0 bridgehead atoms. The molecule has 1 saturated heterocycles. The topological polar surface area (TPSA) is 90.5 Å². The number of nitrogens with one attached hydrogen (secondary N) is 3. The van der Waals surface area contributed by atoms with E-state index in [1.165, 1.54) is 12.1 Å². The molecule has 2 amide bonds. The minimum absolute atomic E-state index is 0.0636. The van der Waals surface area contributed by atoms with Crippen LogP contribution < -0.4 is 16.0 Å². The van der Waals surface area contributed by atoms with E-state index in [4.69, 9.17) is 23.2 Å². The quantitative estimate of drug-likeness (QED) is 0.407. The van der Waals surface area contributed by atoms with Crippen molar-refractivity contribution < 1.29 is 19.1 Å². The Balaban J connectivity index is 1.66. The molecule has 4 N–H and O–H groups in total. The van der Waals surface area contributed by atoms with Crippen LogP contribution >= 0.6 is 23.2 Å². The molecule has 1 saturated carbocycles. The van der Waals surface area contributed by atoms with Gasteiger partial charge in [-0.3, -0.25) is 9.59 Å². The SMILES string of the molecule is CC(C)(C)C[C@@H]1N[C@@H](C(=O)N[C@H]2CC[C@H](O)CC2)[C@H](c2cccc(Cl)c2)[C@]12C(=O)Nc1cc(Cl)c(F)cc12. The van der Waals surface area contributed by atoms with Gasteiger partial charge in [0.25, 0.3) is 0 Å². The highest BCUT2D eigenvalue weighted by molar-refractivity contribution is 6.31. The Morgan fingerprint density at radius 1 is 1.16 bits per heavy atom. The molecular formula is C29H34Cl2FN3O3. The number of rotatable bonds is 4. The first kappa shape index (κ1) is 27.4. The highest BCUT2D eigenvalue weighted by Gasteiger charge is 2.66. The maximum absolute atomic E-state index is 15.0. The number of fused-ring (bicyclic) bond motifs is 2. The van der Waals surface area contributed by atoms with E-state index in [-0.39, 0.29) is 34.4 Å². The van der Waals surface area contributed by atoms with Crippen molar-refractivity contribution in [3.8, 4) is 0 Å². The minimum atomic E-state index is -1.27. The zero-order chi connectivity index (χ0) is 27.4. The van der Waals surface area contributed by atoms with Crippen LogP contribution in [0.2, 0.25) is 10.0 Å². The number of benzene rings is 2. The third-order valence-electron chi connectivity index (χ3n) is 8.23. The molecule has 4 atom stereocenters. The summed E-state index contributed by atoms with van der Waals surface area (Å²) in [6.07, 6.45) is 2.85. The van der Waals surface area contributed by atoms with E-state index in [1.807, 2.05) is 6.07 Å². The van der Waals surface area contributed by atoms with Crippen LogP contribution in [0.3, 0.4) is 0 Å². The number of hydrogen-bond donors (Lipinski definition) is 4.